The molecule has 2 N–H and O–H groups in total. The van der Waals surface area contributed by atoms with E-state index in [9.17, 15) is 4.39 Å². The molecule has 1 fully saturated rings. The van der Waals surface area contributed by atoms with Gasteiger partial charge in [0.15, 0.2) is 0 Å². The van der Waals surface area contributed by atoms with E-state index in [1.165, 1.54) is 5.56 Å². The second-order valence-corrected chi connectivity index (χ2v) is 4.12. The van der Waals surface area contributed by atoms with E-state index >= 15 is 0 Å². The summed E-state index contributed by atoms with van der Waals surface area (Å²) >= 11 is 0. The number of benzene rings is 1. The van der Waals surface area contributed by atoms with Gasteiger partial charge in [0.25, 0.3) is 0 Å². The lowest BCUT2D eigenvalue weighted by atomic mass is 9.90. The zero-order valence-corrected chi connectivity index (χ0v) is 8.25. The average Bonchev–Trinajstić information content (AvgIpc) is 2.67. The van der Waals surface area contributed by atoms with Crippen molar-refractivity contribution in [3.63, 3.8) is 0 Å². The van der Waals surface area contributed by atoms with Crippen LogP contribution in [-0.2, 0) is 0 Å². The summed E-state index contributed by atoms with van der Waals surface area (Å²) in [4.78, 5) is 0. The van der Waals surface area contributed by atoms with Crippen molar-refractivity contribution in [2.75, 3.05) is 12.4 Å². The average molecular weight is 193 g/mol. The Morgan fingerprint density at radius 2 is 1.93 bits per heavy atom. The highest BCUT2D eigenvalue weighted by molar-refractivity contribution is 5.40. The summed E-state index contributed by atoms with van der Waals surface area (Å²) < 4.78 is 12.7. The topological polar surface area (TPSA) is 26.0 Å². The van der Waals surface area contributed by atoms with Gasteiger partial charge < -0.3 is 5.73 Å². The van der Waals surface area contributed by atoms with E-state index in [1.54, 1.807) is 0 Å². The van der Waals surface area contributed by atoms with Crippen LogP contribution in [0.1, 0.15) is 30.7 Å². The van der Waals surface area contributed by atoms with E-state index in [0.29, 0.717) is 5.92 Å². The van der Waals surface area contributed by atoms with Gasteiger partial charge in [0.1, 0.15) is 0 Å². The molecule has 0 heterocycles. The summed E-state index contributed by atoms with van der Waals surface area (Å²) in [6.45, 7) is -0.185. The maximum atomic E-state index is 12.7. The molecule has 0 aliphatic heterocycles. The zero-order chi connectivity index (χ0) is 9.97. The second kappa shape index (κ2) is 3.99. The number of halogens is 1. The van der Waals surface area contributed by atoms with Crippen LogP contribution in [0.4, 0.5) is 10.1 Å². The second-order valence-electron chi connectivity index (χ2n) is 4.12. The molecule has 1 aromatic carbocycles. The van der Waals surface area contributed by atoms with Gasteiger partial charge in [0.2, 0.25) is 0 Å². The molecule has 1 aromatic rings. The molecule has 14 heavy (non-hydrogen) atoms. The Hall–Kier alpha value is -1.05. The lowest BCUT2D eigenvalue weighted by Gasteiger charge is -2.16. The van der Waals surface area contributed by atoms with Crippen molar-refractivity contribution in [3.05, 3.63) is 29.8 Å². The Morgan fingerprint density at radius 3 is 2.57 bits per heavy atom. The molecule has 2 unspecified atom stereocenters. The number of anilines is 1. The Kier molecular flexibility index (Phi) is 2.71. The molecule has 2 rings (SSSR count). The molecule has 76 valence electrons. The highest BCUT2D eigenvalue weighted by atomic mass is 19.1. The first-order valence-corrected chi connectivity index (χ1v) is 5.22. The molecule has 1 aliphatic carbocycles. The first kappa shape index (κ1) is 9.50. The maximum absolute atomic E-state index is 12.7. The van der Waals surface area contributed by atoms with E-state index in [-0.39, 0.29) is 12.6 Å². The van der Waals surface area contributed by atoms with Crippen molar-refractivity contribution in [3.8, 4) is 0 Å². The van der Waals surface area contributed by atoms with Crippen LogP contribution in [-0.4, -0.2) is 6.67 Å². The molecular formula is C12H16FN. The van der Waals surface area contributed by atoms with Crippen LogP contribution in [0.25, 0.3) is 0 Å². The third-order valence-electron chi connectivity index (χ3n) is 3.22. The molecule has 0 radical (unpaired) electrons. The van der Waals surface area contributed by atoms with E-state index in [2.05, 4.69) is 0 Å². The van der Waals surface area contributed by atoms with Gasteiger partial charge in [-0.1, -0.05) is 18.6 Å². The summed E-state index contributed by atoms with van der Waals surface area (Å²) in [5, 5.41) is 0. The Bertz CT molecular complexity index is 294. The van der Waals surface area contributed by atoms with Crippen LogP contribution in [0.5, 0.6) is 0 Å². The standard InChI is InChI=1S/C12H16FN/c13-8-10-2-1-3-12(10)9-4-6-11(14)7-5-9/h4-7,10,12H,1-3,8,14H2. The van der Waals surface area contributed by atoms with Gasteiger partial charge in [0, 0.05) is 5.69 Å². The van der Waals surface area contributed by atoms with Crippen LogP contribution in [0.15, 0.2) is 24.3 Å². The first-order chi connectivity index (χ1) is 6.81. The lowest BCUT2D eigenvalue weighted by molar-refractivity contribution is 0.342. The number of nitrogen functional groups attached to an aromatic ring is 1. The molecule has 0 bridgehead atoms. The quantitative estimate of drug-likeness (QED) is 0.717. The SMILES string of the molecule is Nc1ccc(C2CCCC2CF)cc1. The van der Waals surface area contributed by atoms with Crippen LogP contribution >= 0.6 is 0 Å². The minimum atomic E-state index is -0.185. The van der Waals surface area contributed by atoms with Crippen molar-refractivity contribution in [2.24, 2.45) is 5.92 Å². The highest BCUT2D eigenvalue weighted by Crippen LogP contribution is 2.39. The first-order valence-electron chi connectivity index (χ1n) is 5.22. The van der Waals surface area contributed by atoms with Gasteiger partial charge in [-0.15, -0.1) is 0 Å². The van der Waals surface area contributed by atoms with Gasteiger partial charge in [-0.2, -0.15) is 0 Å². The Labute approximate surface area is 84.1 Å². The van der Waals surface area contributed by atoms with Crippen molar-refractivity contribution >= 4 is 5.69 Å². The largest absolute Gasteiger partial charge is 0.399 e. The minimum absolute atomic E-state index is 0.185. The van der Waals surface area contributed by atoms with Gasteiger partial charge in [-0.3, -0.25) is 4.39 Å². The summed E-state index contributed by atoms with van der Waals surface area (Å²) in [5.74, 6) is 0.652. The van der Waals surface area contributed by atoms with Crippen LogP contribution in [0.3, 0.4) is 0 Å². The van der Waals surface area contributed by atoms with Crippen LogP contribution in [0, 0.1) is 5.92 Å². The van der Waals surface area contributed by atoms with E-state index in [1.807, 2.05) is 24.3 Å². The van der Waals surface area contributed by atoms with Gasteiger partial charge in [0.05, 0.1) is 6.67 Å². The van der Waals surface area contributed by atoms with Crippen molar-refractivity contribution in [1.82, 2.24) is 0 Å². The van der Waals surface area contributed by atoms with E-state index in [0.717, 1.165) is 24.9 Å². The van der Waals surface area contributed by atoms with Gasteiger partial charge >= 0.3 is 0 Å². The number of nitrogens with two attached hydrogens (primary N) is 1. The fraction of sp³-hybridized carbons (Fsp3) is 0.500. The molecule has 0 aromatic heterocycles. The molecule has 0 spiro atoms. The normalized spacial score (nSPS) is 26.6. The summed E-state index contributed by atoms with van der Waals surface area (Å²) in [6, 6.07) is 7.88. The molecular weight excluding hydrogens is 177 g/mol. The van der Waals surface area contributed by atoms with Gasteiger partial charge in [-0.25, -0.2) is 0 Å². The smallest absolute Gasteiger partial charge is 0.0928 e. The molecule has 1 aliphatic rings. The monoisotopic (exact) mass is 193 g/mol. The van der Waals surface area contributed by atoms with Crippen LogP contribution < -0.4 is 5.73 Å². The third kappa shape index (κ3) is 1.74. The number of alkyl halides is 1. The highest BCUT2D eigenvalue weighted by Gasteiger charge is 2.28. The summed E-state index contributed by atoms with van der Waals surface area (Å²) in [5.41, 5.74) is 7.65. The molecule has 2 atom stereocenters. The third-order valence-corrected chi connectivity index (χ3v) is 3.22. The Morgan fingerprint density at radius 1 is 1.21 bits per heavy atom. The van der Waals surface area contributed by atoms with Crippen molar-refractivity contribution < 1.29 is 4.39 Å². The molecule has 0 amide bonds. The van der Waals surface area contributed by atoms with Crippen LogP contribution in [0.2, 0.25) is 0 Å². The van der Waals surface area contributed by atoms with Crippen molar-refractivity contribution in [2.45, 2.75) is 25.2 Å². The minimum Gasteiger partial charge on any atom is -0.399 e. The number of hydrogen-bond donors (Lipinski definition) is 1. The fourth-order valence-corrected chi connectivity index (χ4v) is 2.40. The predicted molar refractivity (Wildman–Crippen MR) is 56.9 cm³/mol. The van der Waals surface area contributed by atoms with Gasteiger partial charge in [-0.05, 0) is 42.4 Å². The number of hydrogen-bond acceptors (Lipinski definition) is 1. The summed E-state index contributed by atoms with van der Waals surface area (Å²) in [6.07, 6.45) is 3.31. The maximum Gasteiger partial charge on any atom is 0.0928 e. The zero-order valence-electron chi connectivity index (χ0n) is 8.25. The molecule has 1 saturated carbocycles. The van der Waals surface area contributed by atoms with Crippen molar-refractivity contribution in [1.29, 1.82) is 0 Å². The van der Waals surface area contributed by atoms with E-state index < -0.39 is 0 Å². The lowest BCUT2D eigenvalue weighted by Crippen LogP contribution is -2.08. The van der Waals surface area contributed by atoms with E-state index in [4.69, 9.17) is 5.73 Å². The fourth-order valence-electron chi connectivity index (χ4n) is 2.40. The predicted octanol–water partition coefficient (Wildman–Crippen LogP) is 3.12. The molecule has 1 nitrogen and oxygen atoms in total. The number of rotatable bonds is 2. The Balaban J connectivity index is 2.17. The molecule has 2 heteroatoms. The summed E-state index contributed by atoms with van der Waals surface area (Å²) in [7, 11) is 0. The molecule has 0 saturated heterocycles.